The quantitative estimate of drug-likeness (QED) is 0.825. The first kappa shape index (κ1) is 14.7. The van der Waals surface area contributed by atoms with Crippen LogP contribution in [0.3, 0.4) is 0 Å². The van der Waals surface area contributed by atoms with E-state index in [1.165, 1.54) is 0 Å². The molecule has 20 heavy (non-hydrogen) atoms. The van der Waals surface area contributed by atoms with Gasteiger partial charge in [0.25, 0.3) is 5.91 Å². The van der Waals surface area contributed by atoms with Crippen molar-refractivity contribution in [3.8, 4) is 5.75 Å². The summed E-state index contributed by atoms with van der Waals surface area (Å²) < 4.78 is 6.49. The van der Waals surface area contributed by atoms with E-state index in [4.69, 9.17) is 27.8 Å². The molecule has 0 aliphatic carbocycles. The molecule has 2 aromatic carbocycles. The third-order valence-corrected chi connectivity index (χ3v) is 3.54. The van der Waals surface area contributed by atoms with E-state index in [1.54, 1.807) is 24.3 Å². The first-order valence-electron chi connectivity index (χ1n) is 5.74. The highest BCUT2D eigenvalue weighted by Gasteiger charge is 2.13. The Hall–Kier alpha value is -1.72. The molecule has 0 heterocycles. The van der Waals surface area contributed by atoms with Crippen LogP contribution in [0.25, 0.3) is 0 Å². The molecule has 0 fully saturated rings. The molecule has 0 aromatic heterocycles. The molecular weight excluding hydrogens is 344 g/mol. The lowest BCUT2D eigenvalue weighted by Crippen LogP contribution is -2.14. The summed E-state index contributed by atoms with van der Waals surface area (Å²) in [4.78, 5) is 11.4. The smallest absolute Gasteiger partial charge is 0.252 e. The molecule has 0 aliphatic heterocycles. The van der Waals surface area contributed by atoms with Gasteiger partial charge in [-0.15, -0.1) is 0 Å². The largest absolute Gasteiger partial charge is 0.486 e. The standard InChI is InChI=1S/C14H12BrClN2O2/c15-9-5-4-8(11(16)6-9)7-20-13-10(14(18)19)2-1-3-12(13)17/h1-6H,7,17H2,(H2,18,19). The zero-order chi connectivity index (χ0) is 14.7. The highest BCUT2D eigenvalue weighted by atomic mass is 79.9. The van der Waals surface area contributed by atoms with Crippen LogP contribution in [0.5, 0.6) is 5.75 Å². The second-order valence-electron chi connectivity index (χ2n) is 4.11. The van der Waals surface area contributed by atoms with Crippen LogP contribution in [0.15, 0.2) is 40.9 Å². The lowest BCUT2D eigenvalue weighted by molar-refractivity contribution is 0.0996. The topological polar surface area (TPSA) is 78.3 Å². The molecule has 0 unspecified atom stereocenters. The third kappa shape index (κ3) is 3.23. The molecule has 0 saturated carbocycles. The number of primary amides is 1. The molecule has 4 nitrogen and oxygen atoms in total. The van der Waals surface area contributed by atoms with Gasteiger partial charge >= 0.3 is 0 Å². The number of benzene rings is 2. The maximum Gasteiger partial charge on any atom is 0.252 e. The fourth-order valence-electron chi connectivity index (χ4n) is 1.70. The average molecular weight is 356 g/mol. The molecule has 6 heteroatoms. The van der Waals surface area contributed by atoms with Gasteiger partial charge in [-0.1, -0.05) is 39.7 Å². The van der Waals surface area contributed by atoms with Gasteiger partial charge in [-0.05, 0) is 24.3 Å². The Balaban J connectivity index is 2.25. The molecule has 1 amide bonds. The maximum atomic E-state index is 11.4. The Morgan fingerprint density at radius 2 is 2.05 bits per heavy atom. The van der Waals surface area contributed by atoms with Crippen LogP contribution in [0.1, 0.15) is 15.9 Å². The minimum Gasteiger partial charge on any atom is -0.486 e. The van der Waals surface area contributed by atoms with Gasteiger partial charge in [-0.25, -0.2) is 0 Å². The Bertz CT molecular complexity index is 662. The minimum atomic E-state index is -0.589. The number of amides is 1. The summed E-state index contributed by atoms with van der Waals surface area (Å²) in [6, 6.07) is 10.3. The number of hydrogen-bond acceptors (Lipinski definition) is 3. The lowest BCUT2D eigenvalue weighted by Gasteiger charge is -2.13. The van der Waals surface area contributed by atoms with Crippen molar-refractivity contribution in [3.63, 3.8) is 0 Å². The summed E-state index contributed by atoms with van der Waals surface area (Å²) in [6.45, 7) is 0.195. The molecule has 2 aromatic rings. The van der Waals surface area contributed by atoms with E-state index in [1.807, 2.05) is 12.1 Å². The highest BCUT2D eigenvalue weighted by Crippen LogP contribution is 2.28. The summed E-state index contributed by atoms with van der Waals surface area (Å²) in [5.74, 6) is -0.312. The van der Waals surface area contributed by atoms with Gasteiger partial charge in [0.15, 0.2) is 5.75 Å². The van der Waals surface area contributed by atoms with Crippen molar-refractivity contribution in [2.24, 2.45) is 5.73 Å². The summed E-state index contributed by atoms with van der Waals surface area (Å²) in [5.41, 5.74) is 12.5. The number of carbonyl (C=O) groups is 1. The molecule has 0 bridgehead atoms. The van der Waals surface area contributed by atoms with Crippen LogP contribution in [-0.2, 0) is 6.61 Å². The SMILES string of the molecule is NC(=O)c1cccc(N)c1OCc1ccc(Br)cc1Cl. The number of anilines is 1. The molecule has 0 aliphatic rings. The van der Waals surface area contributed by atoms with E-state index in [2.05, 4.69) is 15.9 Å². The minimum absolute atomic E-state index is 0.195. The van der Waals surface area contributed by atoms with Crippen LogP contribution < -0.4 is 16.2 Å². The number of hydrogen-bond donors (Lipinski definition) is 2. The Labute approximate surface area is 129 Å². The molecule has 4 N–H and O–H groups in total. The normalized spacial score (nSPS) is 10.3. The number of halogens is 2. The Morgan fingerprint density at radius 1 is 1.30 bits per heavy atom. The second kappa shape index (κ2) is 6.15. The number of ether oxygens (including phenoxy) is 1. The average Bonchev–Trinajstić information content (AvgIpc) is 2.38. The van der Waals surface area contributed by atoms with Crippen molar-refractivity contribution < 1.29 is 9.53 Å². The van der Waals surface area contributed by atoms with Crippen molar-refractivity contribution in [1.82, 2.24) is 0 Å². The maximum absolute atomic E-state index is 11.4. The summed E-state index contributed by atoms with van der Waals surface area (Å²) >= 11 is 9.43. The van der Waals surface area contributed by atoms with Crippen LogP contribution in [0.4, 0.5) is 5.69 Å². The van der Waals surface area contributed by atoms with Crippen LogP contribution in [-0.4, -0.2) is 5.91 Å². The molecule has 0 atom stereocenters. The van der Waals surface area contributed by atoms with Gasteiger partial charge in [0.05, 0.1) is 11.3 Å². The summed E-state index contributed by atoms with van der Waals surface area (Å²) in [6.07, 6.45) is 0. The van der Waals surface area contributed by atoms with E-state index < -0.39 is 5.91 Å². The highest BCUT2D eigenvalue weighted by molar-refractivity contribution is 9.10. The number of nitrogens with two attached hydrogens (primary N) is 2. The monoisotopic (exact) mass is 354 g/mol. The van der Waals surface area contributed by atoms with E-state index in [0.29, 0.717) is 10.7 Å². The van der Waals surface area contributed by atoms with Crippen LogP contribution in [0.2, 0.25) is 5.02 Å². The van der Waals surface area contributed by atoms with Gasteiger partial charge in [-0.2, -0.15) is 0 Å². The zero-order valence-electron chi connectivity index (χ0n) is 10.4. The molecule has 0 radical (unpaired) electrons. The number of carbonyl (C=O) groups excluding carboxylic acids is 1. The fraction of sp³-hybridized carbons (Fsp3) is 0.0714. The fourth-order valence-corrected chi connectivity index (χ4v) is 2.43. The molecular formula is C14H12BrClN2O2. The Kier molecular flexibility index (Phi) is 4.52. The Morgan fingerprint density at radius 3 is 2.70 bits per heavy atom. The van der Waals surface area contributed by atoms with Crippen molar-refractivity contribution >= 4 is 39.1 Å². The molecule has 104 valence electrons. The number of para-hydroxylation sites is 1. The van der Waals surface area contributed by atoms with E-state index in [-0.39, 0.29) is 17.9 Å². The van der Waals surface area contributed by atoms with Gasteiger partial charge in [0.2, 0.25) is 0 Å². The van der Waals surface area contributed by atoms with Gasteiger partial charge < -0.3 is 16.2 Å². The first-order chi connectivity index (χ1) is 9.49. The van der Waals surface area contributed by atoms with E-state index in [0.717, 1.165) is 10.0 Å². The van der Waals surface area contributed by atoms with Crippen LogP contribution >= 0.6 is 27.5 Å². The molecule has 2 rings (SSSR count). The predicted molar refractivity (Wildman–Crippen MR) is 82.9 cm³/mol. The number of rotatable bonds is 4. The van der Waals surface area contributed by atoms with Gasteiger partial charge in [-0.3, -0.25) is 4.79 Å². The summed E-state index contributed by atoms with van der Waals surface area (Å²) in [7, 11) is 0. The predicted octanol–water partition coefficient (Wildman–Crippen LogP) is 3.36. The van der Waals surface area contributed by atoms with Crippen molar-refractivity contribution in [2.75, 3.05) is 5.73 Å². The van der Waals surface area contributed by atoms with Crippen molar-refractivity contribution in [1.29, 1.82) is 0 Å². The van der Waals surface area contributed by atoms with Crippen molar-refractivity contribution in [2.45, 2.75) is 6.61 Å². The number of nitrogen functional groups attached to an aromatic ring is 1. The van der Waals surface area contributed by atoms with E-state index >= 15 is 0 Å². The van der Waals surface area contributed by atoms with E-state index in [9.17, 15) is 4.79 Å². The van der Waals surface area contributed by atoms with Crippen molar-refractivity contribution in [3.05, 3.63) is 57.0 Å². The van der Waals surface area contributed by atoms with Crippen LogP contribution in [0, 0.1) is 0 Å². The van der Waals surface area contributed by atoms with Gasteiger partial charge in [0, 0.05) is 15.1 Å². The second-order valence-corrected chi connectivity index (χ2v) is 5.44. The zero-order valence-corrected chi connectivity index (χ0v) is 12.7. The van der Waals surface area contributed by atoms with Gasteiger partial charge in [0.1, 0.15) is 6.61 Å². The first-order valence-corrected chi connectivity index (χ1v) is 6.91. The molecule has 0 spiro atoms. The lowest BCUT2D eigenvalue weighted by atomic mass is 10.1. The molecule has 0 saturated heterocycles. The third-order valence-electron chi connectivity index (χ3n) is 2.70. The summed E-state index contributed by atoms with van der Waals surface area (Å²) in [5, 5.41) is 0.564.